The second kappa shape index (κ2) is 6.96. The predicted octanol–water partition coefficient (Wildman–Crippen LogP) is 2.77. The number of hydrogen-bond donors (Lipinski definition) is 1. The van der Waals surface area contributed by atoms with Gasteiger partial charge in [-0.15, -0.1) is 0 Å². The molecule has 23 heavy (non-hydrogen) atoms. The summed E-state index contributed by atoms with van der Waals surface area (Å²) in [6.45, 7) is 6.08. The summed E-state index contributed by atoms with van der Waals surface area (Å²) in [5.74, 6) is -0.807. The molecule has 0 fully saturated rings. The predicted molar refractivity (Wildman–Crippen MR) is 89.4 cm³/mol. The Hall–Kier alpha value is -2.82. The van der Waals surface area contributed by atoms with Crippen molar-refractivity contribution in [3.63, 3.8) is 0 Å². The van der Waals surface area contributed by atoms with Gasteiger partial charge in [-0.3, -0.25) is 4.79 Å². The van der Waals surface area contributed by atoms with E-state index in [0.717, 1.165) is 22.6 Å². The number of nitrogens with two attached hydrogens (primary N) is 1. The van der Waals surface area contributed by atoms with Crippen molar-refractivity contribution in [1.82, 2.24) is 4.57 Å². The third-order valence-electron chi connectivity index (χ3n) is 3.53. The summed E-state index contributed by atoms with van der Waals surface area (Å²) in [6.07, 6.45) is 3.05. The zero-order chi connectivity index (χ0) is 17.0. The molecule has 0 radical (unpaired) electrons. The van der Waals surface area contributed by atoms with Crippen molar-refractivity contribution in [2.24, 2.45) is 5.73 Å². The number of hydrogen-bond acceptors (Lipinski definition) is 3. The highest BCUT2D eigenvalue weighted by molar-refractivity contribution is 5.90. The first-order valence-corrected chi connectivity index (χ1v) is 7.38. The summed E-state index contributed by atoms with van der Waals surface area (Å²) in [5, 5.41) is 0. The molecule has 2 N–H and O–H groups in total. The highest BCUT2D eigenvalue weighted by atomic mass is 16.5. The second-order valence-electron chi connectivity index (χ2n) is 5.16. The molecule has 2 rings (SSSR count). The lowest BCUT2D eigenvalue weighted by molar-refractivity contribution is -0.113. The number of ether oxygens (including phenoxy) is 1. The van der Waals surface area contributed by atoms with E-state index in [-0.39, 0.29) is 5.97 Å². The molecule has 0 spiro atoms. The number of aryl methyl sites for hydroxylation is 1. The fraction of sp³-hybridized carbons (Fsp3) is 0.222. The Balaban J connectivity index is 2.35. The minimum atomic E-state index is -0.478. The van der Waals surface area contributed by atoms with Crippen molar-refractivity contribution in [2.45, 2.75) is 20.8 Å². The smallest absolute Gasteiger partial charge is 0.338 e. The van der Waals surface area contributed by atoms with E-state index < -0.39 is 5.91 Å². The van der Waals surface area contributed by atoms with Gasteiger partial charge in [0.2, 0.25) is 5.91 Å². The van der Waals surface area contributed by atoms with E-state index in [2.05, 4.69) is 4.57 Å². The Morgan fingerprint density at radius 3 is 2.43 bits per heavy atom. The van der Waals surface area contributed by atoms with Crippen LogP contribution in [0.2, 0.25) is 0 Å². The normalized spacial score (nSPS) is 10.9. The first kappa shape index (κ1) is 16.5. The molecule has 0 unspecified atom stereocenters. The molecule has 2 aromatic rings. The molecule has 0 aliphatic carbocycles. The zero-order valence-electron chi connectivity index (χ0n) is 13.5. The second-order valence-corrected chi connectivity index (χ2v) is 5.16. The standard InChI is InChI=1S/C18H20N2O3/c1-4-23-18(22)14-5-8-16(9-6-14)20-12(2)11-15(13(20)3)7-10-17(19)21/h5-11H,4H2,1-3H3,(H2,19,21). The van der Waals surface area contributed by atoms with Crippen LogP contribution in [0.5, 0.6) is 0 Å². The zero-order valence-corrected chi connectivity index (χ0v) is 13.5. The lowest BCUT2D eigenvalue weighted by atomic mass is 10.2. The third-order valence-corrected chi connectivity index (χ3v) is 3.53. The number of rotatable bonds is 5. The minimum Gasteiger partial charge on any atom is -0.462 e. The van der Waals surface area contributed by atoms with E-state index in [1.807, 2.05) is 32.0 Å². The Labute approximate surface area is 135 Å². The molecule has 0 atom stereocenters. The molecule has 0 aliphatic rings. The van der Waals surface area contributed by atoms with Crippen LogP contribution < -0.4 is 5.73 Å². The van der Waals surface area contributed by atoms with Crippen molar-refractivity contribution < 1.29 is 14.3 Å². The third kappa shape index (κ3) is 3.69. The van der Waals surface area contributed by atoms with Crippen LogP contribution in [0, 0.1) is 13.8 Å². The number of aromatic nitrogens is 1. The molecule has 0 saturated heterocycles. The Morgan fingerprint density at radius 1 is 1.22 bits per heavy atom. The lowest BCUT2D eigenvalue weighted by Crippen LogP contribution is -2.06. The topological polar surface area (TPSA) is 74.3 Å². The summed E-state index contributed by atoms with van der Waals surface area (Å²) in [7, 11) is 0. The van der Waals surface area contributed by atoms with Gasteiger partial charge in [0.15, 0.2) is 0 Å². The molecule has 1 heterocycles. The van der Waals surface area contributed by atoms with Crippen molar-refractivity contribution in [1.29, 1.82) is 0 Å². The maximum Gasteiger partial charge on any atom is 0.338 e. The number of esters is 1. The van der Waals surface area contributed by atoms with Crippen LogP contribution in [-0.4, -0.2) is 23.1 Å². The van der Waals surface area contributed by atoms with Gasteiger partial charge >= 0.3 is 5.97 Å². The molecule has 0 bridgehead atoms. The molecule has 1 aromatic carbocycles. The summed E-state index contributed by atoms with van der Waals surface area (Å²) < 4.78 is 7.03. The minimum absolute atomic E-state index is 0.329. The molecular weight excluding hydrogens is 292 g/mol. The number of primary amides is 1. The SMILES string of the molecule is CCOC(=O)c1ccc(-n2c(C)cc(C=CC(N)=O)c2C)cc1. The molecule has 0 saturated carbocycles. The van der Waals surface area contributed by atoms with Gasteiger partial charge in [0, 0.05) is 23.2 Å². The number of nitrogens with zero attached hydrogens (tertiary/aromatic N) is 1. The molecule has 0 aliphatic heterocycles. The summed E-state index contributed by atoms with van der Waals surface area (Å²) in [4.78, 5) is 22.6. The number of benzene rings is 1. The Kier molecular flexibility index (Phi) is 5.01. The maximum absolute atomic E-state index is 11.7. The molecule has 1 amide bonds. The number of carbonyl (C=O) groups is 2. The van der Waals surface area contributed by atoms with Gasteiger partial charge in [0.1, 0.15) is 0 Å². The van der Waals surface area contributed by atoms with Crippen molar-refractivity contribution in [3.05, 3.63) is 58.9 Å². The Bertz CT molecular complexity index is 755. The monoisotopic (exact) mass is 312 g/mol. The summed E-state index contributed by atoms with van der Waals surface area (Å²) in [5.41, 5.74) is 9.54. The Morgan fingerprint density at radius 2 is 1.87 bits per heavy atom. The highest BCUT2D eigenvalue weighted by Crippen LogP contribution is 2.22. The van der Waals surface area contributed by atoms with E-state index in [4.69, 9.17) is 10.5 Å². The fourth-order valence-electron chi connectivity index (χ4n) is 2.49. The van der Waals surface area contributed by atoms with Gasteiger partial charge in [0.05, 0.1) is 12.2 Å². The summed E-state index contributed by atoms with van der Waals surface area (Å²) >= 11 is 0. The van der Waals surface area contributed by atoms with Crippen LogP contribution >= 0.6 is 0 Å². The van der Waals surface area contributed by atoms with E-state index in [9.17, 15) is 9.59 Å². The quantitative estimate of drug-likeness (QED) is 0.681. The molecular formula is C18H20N2O3. The van der Waals surface area contributed by atoms with Gasteiger partial charge in [-0.1, -0.05) is 0 Å². The lowest BCUT2D eigenvalue weighted by Gasteiger charge is -2.10. The maximum atomic E-state index is 11.7. The largest absolute Gasteiger partial charge is 0.462 e. The average molecular weight is 312 g/mol. The van der Waals surface area contributed by atoms with Gasteiger partial charge in [-0.05, 0) is 62.7 Å². The van der Waals surface area contributed by atoms with Crippen LogP contribution in [0.1, 0.15) is 34.2 Å². The molecule has 5 nitrogen and oxygen atoms in total. The molecule has 5 heteroatoms. The molecule has 120 valence electrons. The van der Waals surface area contributed by atoms with E-state index in [1.54, 1.807) is 25.1 Å². The molecule has 1 aromatic heterocycles. The number of carbonyl (C=O) groups excluding carboxylic acids is 2. The van der Waals surface area contributed by atoms with E-state index in [1.165, 1.54) is 6.08 Å². The van der Waals surface area contributed by atoms with Gasteiger partial charge in [0.25, 0.3) is 0 Å². The fourth-order valence-corrected chi connectivity index (χ4v) is 2.49. The van der Waals surface area contributed by atoms with Crippen LogP contribution in [0.3, 0.4) is 0 Å². The first-order valence-electron chi connectivity index (χ1n) is 7.38. The van der Waals surface area contributed by atoms with Gasteiger partial charge < -0.3 is 15.0 Å². The van der Waals surface area contributed by atoms with Crippen LogP contribution in [0.15, 0.2) is 36.4 Å². The van der Waals surface area contributed by atoms with Crippen molar-refractivity contribution in [2.75, 3.05) is 6.61 Å². The highest BCUT2D eigenvalue weighted by Gasteiger charge is 2.11. The van der Waals surface area contributed by atoms with Crippen molar-refractivity contribution >= 4 is 18.0 Å². The van der Waals surface area contributed by atoms with Crippen LogP contribution in [-0.2, 0) is 9.53 Å². The van der Waals surface area contributed by atoms with E-state index in [0.29, 0.717) is 12.2 Å². The van der Waals surface area contributed by atoms with E-state index >= 15 is 0 Å². The van der Waals surface area contributed by atoms with Gasteiger partial charge in [-0.2, -0.15) is 0 Å². The number of amides is 1. The van der Waals surface area contributed by atoms with Crippen LogP contribution in [0.25, 0.3) is 11.8 Å². The first-order chi connectivity index (χ1) is 10.9. The van der Waals surface area contributed by atoms with Gasteiger partial charge in [-0.25, -0.2) is 4.79 Å². The van der Waals surface area contributed by atoms with Crippen molar-refractivity contribution in [3.8, 4) is 5.69 Å². The average Bonchev–Trinajstić information content (AvgIpc) is 2.80. The summed E-state index contributed by atoms with van der Waals surface area (Å²) in [6, 6.07) is 9.20. The van der Waals surface area contributed by atoms with Crippen LogP contribution in [0.4, 0.5) is 0 Å².